The Labute approximate surface area is 185 Å². The summed E-state index contributed by atoms with van der Waals surface area (Å²) >= 11 is 0. The van der Waals surface area contributed by atoms with Crippen LogP contribution in [0.4, 0.5) is 4.79 Å². The van der Waals surface area contributed by atoms with Crippen LogP contribution in [0.25, 0.3) is 5.69 Å². The summed E-state index contributed by atoms with van der Waals surface area (Å²) in [7, 11) is 0. The average Bonchev–Trinajstić information content (AvgIpc) is 2.95. The molecule has 7 nitrogen and oxygen atoms in total. The van der Waals surface area contributed by atoms with E-state index in [2.05, 4.69) is 34.8 Å². The molecule has 0 aliphatic rings. The number of alkyl carbamates (subject to hydrolysis) is 1. The third-order valence-corrected chi connectivity index (χ3v) is 5.00. The first-order valence-corrected chi connectivity index (χ1v) is 10.9. The van der Waals surface area contributed by atoms with Gasteiger partial charge in [0.1, 0.15) is 5.60 Å². The number of nitrogens with one attached hydrogen (secondary N) is 2. The molecular formula is C24H36N4O3. The van der Waals surface area contributed by atoms with Crippen LogP contribution in [0.2, 0.25) is 0 Å². The largest absolute Gasteiger partial charge is 0.444 e. The summed E-state index contributed by atoms with van der Waals surface area (Å²) in [5.41, 5.74) is 4.74. The van der Waals surface area contributed by atoms with Gasteiger partial charge in [0.15, 0.2) is 0 Å². The molecule has 7 heteroatoms. The molecule has 0 saturated carbocycles. The van der Waals surface area contributed by atoms with Crippen molar-refractivity contribution in [3.05, 3.63) is 46.8 Å². The quantitative estimate of drug-likeness (QED) is 0.576. The normalized spacial score (nSPS) is 11.3. The number of hydrogen-bond acceptors (Lipinski definition) is 4. The monoisotopic (exact) mass is 428 g/mol. The van der Waals surface area contributed by atoms with Crippen molar-refractivity contribution >= 4 is 12.0 Å². The van der Waals surface area contributed by atoms with Crippen LogP contribution >= 0.6 is 0 Å². The lowest BCUT2D eigenvalue weighted by Gasteiger charge is -2.19. The van der Waals surface area contributed by atoms with E-state index < -0.39 is 11.7 Å². The Morgan fingerprint density at radius 1 is 1.03 bits per heavy atom. The van der Waals surface area contributed by atoms with Crippen LogP contribution in [0, 0.1) is 20.8 Å². The van der Waals surface area contributed by atoms with Crippen molar-refractivity contribution in [1.29, 1.82) is 0 Å². The maximum absolute atomic E-state index is 12.2. The average molecular weight is 429 g/mol. The molecule has 0 atom stereocenters. The smallest absolute Gasteiger partial charge is 0.407 e. The van der Waals surface area contributed by atoms with Crippen LogP contribution in [-0.4, -0.2) is 33.9 Å². The highest BCUT2D eigenvalue weighted by Crippen LogP contribution is 2.20. The number of carbonyl (C=O) groups excluding carboxylic acids is 2. The van der Waals surface area contributed by atoms with Crippen molar-refractivity contribution in [2.24, 2.45) is 0 Å². The highest BCUT2D eigenvalue weighted by atomic mass is 16.6. The van der Waals surface area contributed by atoms with Crippen LogP contribution in [-0.2, 0) is 16.1 Å². The number of para-hydroxylation sites is 1. The zero-order chi connectivity index (χ0) is 23.0. The summed E-state index contributed by atoms with van der Waals surface area (Å²) in [6.07, 6.45) is 2.53. The minimum Gasteiger partial charge on any atom is -0.444 e. The van der Waals surface area contributed by atoms with E-state index in [1.807, 2.05) is 51.4 Å². The van der Waals surface area contributed by atoms with E-state index in [4.69, 9.17) is 4.74 Å². The zero-order valence-corrected chi connectivity index (χ0v) is 19.7. The first-order chi connectivity index (χ1) is 14.6. The highest BCUT2D eigenvalue weighted by Gasteiger charge is 2.16. The number of unbranched alkanes of at least 4 members (excludes halogenated alkanes) is 2. The van der Waals surface area contributed by atoms with Crippen molar-refractivity contribution in [3.8, 4) is 5.69 Å². The van der Waals surface area contributed by atoms with Gasteiger partial charge < -0.3 is 15.4 Å². The Balaban J connectivity index is 1.72. The number of nitrogens with zero attached hydrogens (tertiary/aromatic N) is 2. The van der Waals surface area contributed by atoms with Gasteiger partial charge in [-0.25, -0.2) is 9.48 Å². The van der Waals surface area contributed by atoms with Crippen molar-refractivity contribution in [1.82, 2.24) is 20.4 Å². The third kappa shape index (κ3) is 7.74. The molecular weight excluding hydrogens is 392 g/mol. The first kappa shape index (κ1) is 24.4. The fourth-order valence-electron chi connectivity index (χ4n) is 3.33. The van der Waals surface area contributed by atoms with E-state index in [1.54, 1.807) is 0 Å². The van der Waals surface area contributed by atoms with Crippen LogP contribution in [0.1, 0.15) is 69.0 Å². The number of carbonyl (C=O) groups is 2. The molecule has 2 amide bonds. The van der Waals surface area contributed by atoms with E-state index in [-0.39, 0.29) is 5.91 Å². The summed E-state index contributed by atoms with van der Waals surface area (Å²) in [5.74, 6) is 0.0301. The van der Waals surface area contributed by atoms with Gasteiger partial charge in [-0.3, -0.25) is 4.79 Å². The van der Waals surface area contributed by atoms with E-state index in [0.717, 1.165) is 47.5 Å². The molecule has 0 aliphatic carbocycles. The second kappa shape index (κ2) is 11.0. The Morgan fingerprint density at radius 2 is 1.74 bits per heavy atom. The van der Waals surface area contributed by atoms with Gasteiger partial charge in [0.05, 0.1) is 11.4 Å². The van der Waals surface area contributed by atoms with Crippen LogP contribution in [0.15, 0.2) is 24.3 Å². The molecule has 2 N–H and O–H groups in total. The van der Waals surface area contributed by atoms with E-state index in [1.165, 1.54) is 0 Å². The Bertz CT molecular complexity index is 897. The minimum atomic E-state index is -0.491. The maximum atomic E-state index is 12.2. The summed E-state index contributed by atoms with van der Waals surface area (Å²) in [6.45, 7) is 12.6. The molecule has 0 spiro atoms. The molecule has 0 fully saturated rings. The van der Waals surface area contributed by atoms with Crippen LogP contribution < -0.4 is 10.6 Å². The zero-order valence-electron chi connectivity index (χ0n) is 19.7. The second-order valence-corrected chi connectivity index (χ2v) is 8.86. The molecule has 0 aliphatic heterocycles. The maximum Gasteiger partial charge on any atom is 0.407 e. The van der Waals surface area contributed by atoms with Crippen LogP contribution in [0.5, 0.6) is 0 Å². The molecule has 1 aromatic heterocycles. The Morgan fingerprint density at radius 3 is 2.42 bits per heavy atom. The lowest BCUT2D eigenvalue weighted by molar-refractivity contribution is -0.121. The summed E-state index contributed by atoms with van der Waals surface area (Å²) < 4.78 is 7.14. The van der Waals surface area contributed by atoms with Gasteiger partial charge >= 0.3 is 6.09 Å². The van der Waals surface area contributed by atoms with Crippen molar-refractivity contribution in [2.75, 3.05) is 6.54 Å². The topological polar surface area (TPSA) is 85.3 Å². The van der Waals surface area contributed by atoms with Crippen LogP contribution in [0.3, 0.4) is 0 Å². The molecule has 0 unspecified atom stereocenters. The van der Waals surface area contributed by atoms with E-state index >= 15 is 0 Å². The number of rotatable bonds is 9. The molecule has 1 aromatic carbocycles. The number of hydrogen-bond donors (Lipinski definition) is 2. The number of aryl methyl sites for hydroxylation is 2. The molecule has 2 rings (SSSR count). The van der Waals surface area contributed by atoms with Crippen molar-refractivity contribution < 1.29 is 14.3 Å². The molecule has 0 saturated heterocycles. The molecule has 2 aromatic rings. The fraction of sp³-hybridized carbons (Fsp3) is 0.542. The molecule has 170 valence electrons. The van der Waals surface area contributed by atoms with Gasteiger partial charge in [-0.05, 0) is 66.0 Å². The van der Waals surface area contributed by atoms with E-state index in [0.29, 0.717) is 19.5 Å². The van der Waals surface area contributed by atoms with Gasteiger partial charge in [0.25, 0.3) is 0 Å². The predicted octanol–water partition coefficient (Wildman–Crippen LogP) is 4.50. The van der Waals surface area contributed by atoms with Crippen molar-refractivity contribution in [3.63, 3.8) is 0 Å². The van der Waals surface area contributed by atoms with Gasteiger partial charge in [-0.2, -0.15) is 5.10 Å². The molecule has 0 bridgehead atoms. The lowest BCUT2D eigenvalue weighted by Crippen LogP contribution is -2.33. The Kier molecular flexibility index (Phi) is 8.65. The van der Waals surface area contributed by atoms with Gasteiger partial charge in [-0.15, -0.1) is 0 Å². The Hall–Kier alpha value is -2.83. The van der Waals surface area contributed by atoms with Gasteiger partial charge in [-0.1, -0.05) is 24.6 Å². The standard InChI is InChI=1S/C24H36N4O3/c1-17-12-9-10-13-21(17)28-19(3)20(18(2)27-28)16-26-22(29)14-8-7-11-15-25-23(30)31-24(4,5)6/h9-10,12-13H,7-8,11,14-16H2,1-6H3,(H,25,30)(H,26,29). The molecule has 1 heterocycles. The summed E-state index contributed by atoms with van der Waals surface area (Å²) in [4.78, 5) is 23.8. The SMILES string of the molecule is Cc1ccccc1-n1nc(C)c(CNC(=O)CCCCCNC(=O)OC(C)(C)C)c1C. The summed E-state index contributed by atoms with van der Waals surface area (Å²) in [6, 6.07) is 8.13. The minimum absolute atomic E-state index is 0.0301. The summed E-state index contributed by atoms with van der Waals surface area (Å²) in [5, 5.41) is 10.4. The number of amides is 2. The fourth-order valence-corrected chi connectivity index (χ4v) is 3.33. The molecule has 31 heavy (non-hydrogen) atoms. The number of benzene rings is 1. The van der Waals surface area contributed by atoms with E-state index in [9.17, 15) is 9.59 Å². The van der Waals surface area contributed by atoms with Gasteiger partial charge in [0.2, 0.25) is 5.91 Å². The highest BCUT2D eigenvalue weighted by molar-refractivity contribution is 5.75. The number of aromatic nitrogens is 2. The molecule has 0 radical (unpaired) electrons. The third-order valence-electron chi connectivity index (χ3n) is 5.00. The van der Waals surface area contributed by atoms with Crippen molar-refractivity contribution in [2.45, 2.75) is 79.4 Å². The van der Waals surface area contributed by atoms with Gasteiger partial charge in [0, 0.05) is 30.8 Å². The number of ether oxygens (including phenoxy) is 1. The predicted molar refractivity (Wildman–Crippen MR) is 122 cm³/mol. The first-order valence-electron chi connectivity index (χ1n) is 10.9. The second-order valence-electron chi connectivity index (χ2n) is 8.86. The lowest BCUT2D eigenvalue weighted by atomic mass is 10.1.